The number of amides is 2. The third kappa shape index (κ3) is 3.29. The summed E-state index contributed by atoms with van der Waals surface area (Å²) >= 11 is 0. The predicted octanol–water partition coefficient (Wildman–Crippen LogP) is 2.75. The van der Waals surface area contributed by atoms with Crippen molar-refractivity contribution in [3.8, 4) is 0 Å². The first-order valence-corrected chi connectivity index (χ1v) is 9.13. The van der Waals surface area contributed by atoms with Crippen LogP contribution in [0.5, 0.6) is 0 Å². The number of carbonyl (C=O) groups is 2. The minimum Gasteiger partial charge on any atom is -0.364 e. The molecule has 1 heterocycles. The van der Waals surface area contributed by atoms with Gasteiger partial charge in [-0.1, -0.05) is 24.3 Å². The molecule has 0 radical (unpaired) electrons. The lowest BCUT2D eigenvalue weighted by atomic mass is 10.0. The van der Waals surface area contributed by atoms with Crippen LogP contribution in [0.2, 0.25) is 0 Å². The SMILES string of the molecule is CN1CC(=O)Nc2cc(C(=O)NC3CCCc4ccccc4C3)ccc21. The van der Waals surface area contributed by atoms with Crippen molar-refractivity contribution in [2.24, 2.45) is 0 Å². The minimum atomic E-state index is -0.0837. The summed E-state index contributed by atoms with van der Waals surface area (Å²) < 4.78 is 0. The molecule has 0 fully saturated rings. The maximum Gasteiger partial charge on any atom is 0.251 e. The average molecular weight is 349 g/mol. The predicted molar refractivity (Wildman–Crippen MR) is 103 cm³/mol. The highest BCUT2D eigenvalue weighted by atomic mass is 16.2. The third-order valence-corrected chi connectivity index (χ3v) is 5.24. The van der Waals surface area contributed by atoms with Gasteiger partial charge in [-0.25, -0.2) is 0 Å². The van der Waals surface area contributed by atoms with E-state index in [-0.39, 0.29) is 17.9 Å². The van der Waals surface area contributed by atoms with Gasteiger partial charge in [-0.3, -0.25) is 9.59 Å². The number of nitrogens with one attached hydrogen (secondary N) is 2. The van der Waals surface area contributed by atoms with E-state index in [9.17, 15) is 9.59 Å². The van der Waals surface area contributed by atoms with Gasteiger partial charge in [0.05, 0.1) is 17.9 Å². The molecule has 1 aliphatic heterocycles. The molecule has 26 heavy (non-hydrogen) atoms. The number of hydrogen-bond acceptors (Lipinski definition) is 3. The Hall–Kier alpha value is -2.82. The summed E-state index contributed by atoms with van der Waals surface area (Å²) in [6.45, 7) is 0.333. The van der Waals surface area contributed by atoms with Crippen molar-refractivity contribution in [2.45, 2.75) is 31.7 Å². The third-order valence-electron chi connectivity index (χ3n) is 5.24. The number of hydrogen-bond donors (Lipinski definition) is 2. The van der Waals surface area contributed by atoms with Crippen molar-refractivity contribution in [1.82, 2.24) is 5.32 Å². The summed E-state index contributed by atoms with van der Waals surface area (Å²) in [4.78, 5) is 26.4. The number of benzene rings is 2. The van der Waals surface area contributed by atoms with Gasteiger partial charge in [-0.05, 0) is 55.0 Å². The Morgan fingerprint density at radius 3 is 2.85 bits per heavy atom. The van der Waals surface area contributed by atoms with E-state index in [1.807, 2.05) is 24.1 Å². The fraction of sp³-hybridized carbons (Fsp3) is 0.333. The Bertz CT molecular complexity index is 862. The monoisotopic (exact) mass is 349 g/mol. The van der Waals surface area contributed by atoms with Crippen LogP contribution in [0.25, 0.3) is 0 Å². The molecule has 1 unspecified atom stereocenters. The first-order chi connectivity index (χ1) is 12.6. The van der Waals surface area contributed by atoms with Gasteiger partial charge in [-0.2, -0.15) is 0 Å². The van der Waals surface area contributed by atoms with Crippen LogP contribution < -0.4 is 15.5 Å². The van der Waals surface area contributed by atoms with E-state index >= 15 is 0 Å². The first-order valence-electron chi connectivity index (χ1n) is 9.13. The summed E-state index contributed by atoms with van der Waals surface area (Å²) in [5.41, 5.74) is 4.93. The molecule has 5 heteroatoms. The van der Waals surface area contributed by atoms with Gasteiger partial charge < -0.3 is 15.5 Å². The molecule has 0 saturated heterocycles. The number of rotatable bonds is 2. The van der Waals surface area contributed by atoms with Crippen molar-refractivity contribution in [1.29, 1.82) is 0 Å². The maximum atomic E-state index is 12.7. The second-order valence-electron chi connectivity index (χ2n) is 7.17. The molecule has 1 atom stereocenters. The molecule has 0 aromatic heterocycles. The lowest BCUT2D eigenvalue weighted by molar-refractivity contribution is -0.115. The highest BCUT2D eigenvalue weighted by Crippen LogP contribution is 2.29. The molecular weight excluding hydrogens is 326 g/mol. The Balaban J connectivity index is 1.50. The van der Waals surface area contributed by atoms with E-state index < -0.39 is 0 Å². The van der Waals surface area contributed by atoms with Crippen LogP contribution in [-0.4, -0.2) is 31.4 Å². The lowest BCUT2D eigenvalue weighted by Crippen LogP contribution is -2.37. The van der Waals surface area contributed by atoms with Crippen LogP contribution in [0.1, 0.15) is 34.3 Å². The Labute approximate surface area is 153 Å². The van der Waals surface area contributed by atoms with Crippen LogP contribution in [0.15, 0.2) is 42.5 Å². The number of carbonyl (C=O) groups excluding carboxylic acids is 2. The van der Waals surface area contributed by atoms with E-state index in [1.165, 1.54) is 11.1 Å². The first kappa shape index (κ1) is 16.6. The zero-order valence-corrected chi connectivity index (χ0v) is 14.9. The molecule has 2 aromatic carbocycles. The second-order valence-corrected chi connectivity index (χ2v) is 7.17. The molecule has 2 aliphatic rings. The Morgan fingerprint density at radius 2 is 2.00 bits per heavy atom. The molecule has 2 N–H and O–H groups in total. The average Bonchev–Trinajstić information content (AvgIpc) is 2.82. The van der Waals surface area contributed by atoms with Gasteiger partial charge in [0, 0.05) is 18.7 Å². The van der Waals surface area contributed by atoms with Crippen molar-refractivity contribution in [3.63, 3.8) is 0 Å². The molecule has 0 saturated carbocycles. The summed E-state index contributed by atoms with van der Waals surface area (Å²) in [7, 11) is 1.88. The number of aryl methyl sites for hydroxylation is 1. The van der Waals surface area contributed by atoms with E-state index in [4.69, 9.17) is 0 Å². The van der Waals surface area contributed by atoms with E-state index in [2.05, 4.69) is 34.9 Å². The van der Waals surface area contributed by atoms with Crippen LogP contribution in [-0.2, 0) is 17.6 Å². The number of anilines is 2. The summed E-state index contributed by atoms with van der Waals surface area (Å²) in [5.74, 6) is -0.141. The molecule has 2 aromatic rings. The van der Waals surface area contributed by atoms with Crippen LogP contribution in [0, 0.1) is 0 Å². The highest BCUT2D eigenvalue weighted by Gasteiger charge is 2.22. The van der Waals surface area contributed by atoms with Crippen LogP contribution >= 0.6 is 0 Å². The van der Waals surface area contributed by atoms with E-state index in [1.54, 1.807) is 6.07 Å². The van der Waals surface area contributed by atoms with Crippen molar-refractivity contribution in [3.05, 3.63) is 59.2 Å². The molecule has 134 valence electrons. The van der Waals surface area contributed by atoms with Gasteiger partial charge in [0.2, 0.25) is 5.91 Å². The smallest absolute Gasteiger partial charge is 0.251 e. The maximum absolute atomic E-state index is 12.7. The Kier molecular flexibility index (Phi) is 4.37. The zero-order valence-electron chi connectivity index (χ0n) is 14.9. The summed E-state index contributed by atoms with van der Waals surface area (Å²) in [6.07, 6.45) is 3.99. The van der Waals surface area contributed by atoms with Gasteiger partial charge in [0.25, 0.3) is 5.91 Å². The molecular formula is C21H23N3O2. The molecule has 4 rings (SSSR count). The molecule has 5 nitrogen and oxygen atoms in total. The van der Waals surface area contributed by atoms with Crippen molar-refractivity contribution >= 4 is 23.2 Å². The summed E-state index contributed by atoms with van der Waals surface area (Å²) in [5, 5.41) is 6.03. The molecule has 0 spiro atoms. The summed E-state index contributed by atoms with van der Waals surface area (Å²) in [6, 6.07) is 14.1. The quantitative estimate of drug-likeness (QED) is 0.820. The zero-order chi connectivity index (χ0) is 18.1. The van der Waals surface area contributed by atoms with E-state index in [0.29, 0.717) is 17.8 Å². The lowest BCUT2D eigenvalue weighted by Gasteiger charge is -2.27. The molecule has 2 amide bonds. The van der Waals surface area contributed by atoms with Crippen LogP contribution in [0.4, 0.5) is 11.4 Å². The van der Waals surface area contributed by atoms with Crippen LogP contribution in [0.3, 0.4) is 0 Å². The van der Waals surface area contributed by atoms with Crippen molar-refractivity contribution < 1.29 is 9.59 Å². The molecule has 0 bridgehead atoms. The van der Waals surface area contributed by atoms with Gasteiger partial charge in [-0.15, -0.1) is 0 Å². The van der Waals surface area contributed by atoms with E-state index in [0.717, 1.165) is 31.4 Å². The van der Waals surface area contributed by atoms with Crippen molar-refractivity contribution in [2.75, 3.05) is 23.8 Å². The van der Waals surface area contributed by atoms with Gasteiger partial charge in [0.1, 0.15) is 0 Å². The number of likely N-dealkylation sites (N-methyl/N-ethyl adjacent to an activating group) is 1. The standard InChI is InChI=1S/C21H23N3O2/c1-24-13-20(25)23-18-12-16(9-10-19(18)24)21(26)22-17-8-4-7-14-5-2-3-6-15(14)11-17/h2-3,5-6,9-10,12,17H,4,7-8,11,13H2,1H3,(H,22,26)(H,23,25). The molecule has 1 aliphatic carbocycles. The normalized spacial score (nSPS) is 19.0. The fourth-order valence-electron chi connectivity index (χ4n) is 3.90. The van der Waals surface area contributed by atoms with Gasteiger partial charge in [0.15, 0.2) is 0 Å². The van der Waals surface area contributed by atoms with Gasteiger partial charge >= 0.3 is 0 Å². The number of nitrogens with zero attached hydrogens (tertiary/aromatic N) is 1. The minimum absolute atomic E-state index is 0.0575. The second kappa shape index (κ2) is 6.83. The largest absolute Gasteiger partial charge is 0.364 e. The highest BCUT2D eigenvalue weighted by molar-refractivity contribution is 6.03. The number of fused-ring (bicyclic) bond motifs is 2. The topological polar surface area (TPSA) is 61.4 Å². The Morgan fingerprint density at radius 1 is 1.19 bits per heavy atom. The fourth-order valence-corrected chi connectivity index (χ4v) is 3.90.